The van der Waals surface area contributed by atoms with Crippen LogP contribution in [-0.2, 0) is 6.54 Å². The van der Waals surface area contributed by atoms with Crippen LogP contribution in [0.4, 0.5) is 5.69 Å². The SMILES string of the molecule is CN(CCC#N)c1ccc(CNC(c2ccccc2)c2ccccc2)cc1.Cl. The minimum Gasteiger partial charge on any atom is -0.374 e. The van der Waals surface area contributed by atoms with Crippen molar-refractivity contribution in [3.63, 3.8) is 0 Å². The van der Waals surface area contributed by atoms with E-state index in [2.05, 4.69) is 89.1 Å². The molecule has 4 heteroatoms. The molecular formula is C24H26ClN3. The highest BCUT2D eigenvalue weighted by atomic mass is 35.5. The van der Waals surface area contributed by atoms with Gasteiger partial charge >= 0.3 is 0 Å². The van der Waals surface area contributed by atoms with Crippen molar-refractivity contribution in [3.05, 3.63) is 102 Å². The molecule has 3 rings (SSSR count). The first-order chi connectivity index (χ1) is 13.3. The predicted molar refractivity (Wildman–Crippen MR) is 119 cm³/mol. The summed E-state index contributed by atoms with van der Waals surface area (Å²) in [5, 5.41) is 12.4. The molecule has 0 aliphatic carbocycles. The van der Waals surface area contributed by atoms with Crippen LogP contribution in [0.5, 0.6) is 0 Å². The van der Waals surface area contributed by atoms with Gasteiger partial charge in [-0.15, -0.1) is 12.4 Å². The molecule has 0 saturated carbocycles. The number of hydrogen-bond acceptors (Lipinski definition) is 3. The quantitative estimate of drug-likeness (QED) is 0.563. The number of nitrogens with one attached hydrogen (secondary N) is 1. The zero-order valence-electron chi connectivity index (χ0n) is 16.1. The van der Waals surface area contributed by atoms with Gasteiger partial charge in [-0.2, -0.15) is 5.26 Å². The van der Waals surface area contributed by atoms with Gasteiger partial charge < -0.3 is 10.2 Å². The Labute approximate surface area is 174 Å². The molecule has 0 heterocycles. The lowest BCUT2D eigenvalue weighted by Gasteiger charge is -2.21. The zero-order valence-corrected chi connectivity index (χ0v) is 16.9. The maximum atomic E-state index is 8.73. The van der Waals surface area contributed by atoms with Crippen molar-refractivity contribution >= 4 is 18.1 Å². The molecule has 0 spiro atoms. The summed E-state index contributed by atoms with van der Waals surface area (Å²) in [5.74, 6) is 0. The van der Waals surface area contributed by atoms with Crippen LogP contribution in [-0.4, -0.2) is 13.6 Å². The van der Waals surface area contributed by atoms with Crippen molar-refractivity contribution in [2.75, 3.05) is 18.5 Å². The molecule has 0 aliphatic rings. The lowest BCUT2D eigenvalue weighted by molar-refractivity contribution is 0.605. The topological polar surface area (TPSA) is 39.1 Å². The fourth-order valence-electron chi connectivity index (χ4n) is 3.15. The Morgan fingerprint density at radius 2 is 1.39 bits per heavy atom. The van der Waals surface area contributed by atoms with Gasteiger partial charge in [0.2, 0.25) is 0 Å². The molecule has 0 fully saturated rings. The van der Waals surface area contributed by atoms with Crippen molar-refractivity contribution < 1.29 is 0 Å². The molecule has 3 nitrogen and oxygen atoms in total. The molecule has 0 atom stereocenters. The van der Waals surface area contributed by atoms with Crippen molar-refractivity contribution in [2.45, 2.75) is 19.0 Å². The lowest BCUT2D eigenvalue weighted by atomic mass is 9.98. The van der Waals surface area contributed by atoms with E-state index in [0.29, 0.717) is 6.42 Å². The Morgan fingerprint density at radius 1 is 0.857 bits per heavy atom. The maximum Gasteiger partial charge on any atom is 0.0640 e. The van der Waals surface area contributed by atoms with Gasteiger partial charge in [-0.05, 0) is 28.8 Å². The highest BCUT2D eigenvalue weighted by Gasteiger charge is 2.13. The number of hydrogen-bond donors (Lipinski definition) is 1. The van der Waals surface area contributed by atoms with Gasteiger partial charge in [-0.25, -0.2) is 0 Å². The summed E-state index contributed by atoms with van der Waals surface area (Å²) in [6.07, 6.45) is 0.537. The second-order valence-corrected chi connectivity index (χ2v) is 6.63. The van der Waals surface area contributed by atoms with Crippen LogP contribution in [0.15, 0.2) is 84.9 Å². The summed E-state index contributed by atoms with van der Waals surface area (Å²) in [5.41, 5.74) is 4.90. The summed E-state index contributed by atoms with van der Waals surface area (Å²) in [4.78, 5) is 2.11. The van der Waals surface area contributed by atoms with Gasteiger partial charge in [0, 0.05) is 25.8 Å². The first-order valence-corrected chi connectivity index (χ1v) is 9.28. The molecule has 0 aromatic heterocycles. The second-order valence-electron chi connectivity index (χ2n) is 6.63. The third-order valence-corrected chi connectivity index (χ3v) is 4.71. The van der Waals surface area contributed by atoms with Crippen molar-refractivity contribution in [3.8, 4) is 6.07 Å². The van der Waals surface area contributed by atoms with Crippen molar-refractivity contribution in [1.29, 1.82) is 5.26 Å². The van der Waals surface area contributed by atoms with Gasteiger partial charge in [-0.1, -0.05) is 72.8 Å². The molecule has 3 aromatic rings. The first-order valence-electron chi connectivity index (χ1n) is 9.28. The number of nitrogens with zero attached hydrogens (tertiary/aromatic N) is 2. The molecule has 0 unspecified atom stereocenters. The molecule has 1 N–H and O–H groups in total. The van der Waals surface area contributed by atoms with Crippen LogP contribution in [0.3, 0.4) is 0 Å². The number of rotatable bonds is 8. The molecule has 0 radical (unpaired) electrons. The zero-order chi connectivity index (χ0) is 18.9. The number of halogens is 1. The maximum absolute atomic E-state index is 8.73. The third kappa shape index (κ3) is 5.85. The van der Waals surface area contributed by atoms with Crippen LogP contribution in [0.25, 0.3) is 0 Å². The molecule has 144 valence electrons. The minimum absolute atomic E-state index is 0. The summed E-state index contributed by atoms with van der Waals surface area (Å²) in [6, 6.07) is 32.0. The van der Waals surface area contributed by atoms with E-state index in [1.54, 1.807) is 0 Å². The normalized spacial score (nSPS) is 10.2. The van der Waals surface area contributed by atoms with Crippen LogP contribution in [0.2, 0.25) is 0 Å². The van der Waals surface area contributed by atoms with Gasteiger partial charge in [0.05, 0.1) is 18.5 Å². The highest BCUT2D eigenvalue weighted by molar-refractivity contribution is 5.85. The van der Waals surface area contributed by atoms with Crippen molar-refractivity contribution in [1.82, 2.24) is 5.32 Å². The van der Waals surface area contributed by atoms with E-state index in [1.165, 1.54) is 16.7 Å². The summed E-state index contributed by atoms with van der Waals surface area (Å²) in [6.45, 7) is 1.54. The Balaban J connectivity index is 0.00000280. The summed E-state index contributed by atoms with van der Waals surface area (Å²) in [7, 11) is 2.02. The Bertz CT molecular complexity index is 818. The Hall–Kier alpha value is -2.80. The molecule has 0 saturated heterocycles. The fraction of sp³-hybridized carbons (Fsp3) is 0.208. The summed E-state index contributed by atoms with van der Waals surface area (Å²) >= 11 is 0. The smallest absolute Gasteiger partial charge is 0.0640 e. The second kappa shape index (κ2) is 11.1. The van der Waals surface area contributed by atoms with Gasteiger partial charge in [0.1, 0.15) is 0 Å². The Morgan fingerprint density at radius 3 is 1.89 bits per heavy atom. The van der Waals surface area contributed by atoms with Gasteiger partial charge in [0.25, 0.3) is 0 Å². The number of nitriles is 1. The predicted octanol–water partition coefficient (Wildman–Crippen LogP) is 5.34. The molecule has 0 amide bonds. The fourth-order valence-corrected chi connectivity index (χ4v) is 3.15. The third-order valence-electron chi connectivity index (χ3n) is 4.71. The van der Waals surface area contributed by atoms with E-state index in [0.717, 1.165) is 18.8 Å². The molecule has 28 heavy (non-hydrogen) atoms. The number of benzene rings is 3. The van der Waals surface area contributed by atoms with E-state index in [4.69, 9.17) is 5.26 Å². The molecular weight excluding hydrogens is 366 g/mol. The van der Waals surface area contributed by atoms with E-state index >= 15 is 0 Å². The van der Waals surface area contributed by atoms with E-state index in [9.17, 15) is 0 Å². The first kappa shape index (κ1) is 21.5. The van der Waals surface area contributed by atoms with Crippen LogP contribution >= 0.6 is 12.4 Å². The minimum atomic E-state index is 0. The molecule has 0 aliphatic heterocycles. The Kier molecular flexibility index (Phi) is 8.55. The monoisotopic (exact) mass is 391 g/mol. The largest absolute Gasteiger partial charge is 0.374 e. The van der Waals surface area contributed by atoms with Crippen LogP contribution in [0.1, 0.15) is 29.2 Å². The van der Waals surface area contributed by atoms with Gasteiger partial charge in [-0.3, -0.25) is 0 Å². The summed E-state index contributed by atoms with van der Waals surface area (Å²) < 4.78 is 0. The van der Waals surface area contributed by atoms with Gasteiger partial charge in [0.15, 0.2) is 0 Å². The van der Waals surface area contributed by atoms with Crippen LogP contribution in [0, 0.1) is 11.3 Å². The standard InChI is InChI=1S/C24H25N3.ClH/c1-27(18-8-17-25)23-15-13-20(14-16-23)19-26-24(21-9-4-2-5-10-21)22-11-6-3-7-12-22;/h2-7,9-16,24,26H,8,18-19H2,1H3;1H. The average molecular weight is 392 g/mol. The lowest BCUT2D eigenvalue weighted by Crippen LogP contribution is -2.22. The van der Waals surface area contributed by atoms with E-state index in [1.807, 2.05) is 19.2 Å². The van der Waals surface area contributed by atoms with E-state index in [-0.39, 0.29) is 18.4 Å². The van der Waals surface area contributed by atoms with E-state index < -0.39 is 0 Å². The van der Waals surface area contributed by atoms with Crippen molar-refractivity contribution in [2.24, 2.45) is 0 Å². The molecule has 0 bridgehead atoms. The average Bonchev–Trinajstić information content (AvgIpc) is 2.74. The molecule has 3 aromatic carbocycles. The number of anilines is 1. The highest BCUT2D eigenvalue weighted by Crippen LogP contribution is 2.22. The van der Waals surface area contributed by atoms with Crippen LogP contribution < -0.4 is 10.2 Å².